The Morgan fingerprint density at radius 3 is 2.39 bits per heavy atom. The van der Waals surface area contributed by atoms with E-state index in [1.54, 1.807) is 11.8 Å². The molecule has 1 aliphatic rings. The van der Waals surface area contributed by atoms with Crippen LogP contribution in [0.1, 0.15) is 54.0 Å². The van der Waals surface area contributed by atoms with Crippen molar-refractivity contribution in [1.82, 2.24) is 4.98 Å². The van der Waals surface area contributed by atoms with E-state index < -0.39 is 5.97 Å². The van der Waals surface area contributed by atoms with Gasteiger partial charge in [0.25, 0.3) is 0 Å². The quantitative estimate of drug-likeness (QED) is 0.552. The molecule has 0 saturated heterocycles. The number of ether oxygens (including phenoxy) is 2. The van der Waals surface area contributed by atoms with Gasteiger partial charge in [-0.15, -0.1) is 11.8 Å². The molecule has 0 spiro atoms. The number of nitrogens with one attached hydrogen (secondary N) is 1. The summed E-state index contributed by atoms with van der Waals surface area (Å²) in [6, 6.07) is 0. The van der Waals surface area contributed by atoms with E-state index in [9.17, 15) is 14.4 Å². The standard InChI is InChI=1S/C20H26N2O5S/c1-20(2)10-17(28-5)22-16(20)9-14-13(8-19(25)27-4)12(15(11-23)21-14)6-7-18(24)26-3/h9,11,21H,6-8,10H2,1-5H3/b16-9-. The molecule has 1 N–H and O–H groups in total. The van der Waals surface area contributed by atoms with Gasteiger partial charge >= 0.3 is 11.9 Å². The maximum atomic E-state index is 12.0. The normalized spacial score (nSPS) is 16.8. The Labute approximate surface area is 169 Å². The number of carbonyl (C=O) groups is 3. The van der Waals surface area contributed by atoms with Crippen LogP contribution in [0.25, 0.3) is 6.08 Å². The summed E-state index contributed by atoms with van der Waals surface area (Å²) in [7, 11) is 2.63. The molecule has 0 aromatic carbocycles. The highest BCUT2D eigenvalue weighted by Crippen LogP contribution is 2.41. The number of H-pyrrole nitrogens is 1. The van der Waals surface area contributed by atoms with Crippen molar-refractivity contribution < 1.29 is 23.9 Å². The molecule has 1 aromatic rings. The number of aromatic nitrogens is 1. The van der Waals surface area contributed by atoms with Crippen LogP contribution in [0.5, 0.6) is 0 Å². The van der Waals surface area contributed by atoms with Gasteiger partial charge in [-0.3, -0.25) is 19.4 Å². The number of carbonyl (C=O) groups excluding carboxylic acids is 3. The third kappa shape index (κ3) is 4.92. The molecule has 8 heteroatoms. The van der Waals surface area contributed by atoms with Gasteiger partial charge in [-0.05, 0) is 29.9 Å². The molecule has 1 aliphatic heterocycles. The molecular formula is C20H26N2O5S. The van der Waals surface area contributed by atoms with E-state index in [1.165, 1.54) is 14.2 Å². The first kappa shape index (κ1) is 21.9. The van der Waals surface area contributed by atoms with Gasteiger partial charge in [0.1, 0.15) is 0 Å². The average Bonchev–Trinajstić information content (AvgIpc) is 3.15. The van der Waals surface area contributed by atoms with Crippen LogP contribution in [0.2, 0.25) is 0 Å². The van der Waals surface area contributed by atoms with Gasteiger partial charge in [0.2, 0.25) is 0 Å². The molecule has 0 bridgehead atoms. The van der Waals surface area contributed by atoms with Crippen LogP contribution in [0.4, 0.5) is 0 Å². The lowest BCUT2D eigenvalue weighted by atomic mass is 9.87. The van der Waals surface area contributed by atoms with Crippen molar-refractivity contribution in [2.75, 3.05) is 20.5 Å². The summed E-state index contributed by atoms with van der Waals surface area (Å²) in [6.07, 6.45) is 5.81. The Kier molecular flexibility index (Phi) is 7.23. The van der Waals surface area contributed by atoms with Crippen molar-refractivity contribution in [1.29, 1.82) is 0 Å². The van der Waals surface area contributed by atoms with Gasteiger partial charge in [-0.25, -0.2) is 0 Å². The first-order valence-corrected chi connectivity index (χ1v) is 10.1. The van der Waals surface area contributed by atoms with Crippen LogP contribution in [-0.2, 0) is 31.9 Å². The SMILES string of the molecule is COC(=O)CCc1c(C=O)[nH]c(/C=C2\N=C(SC)CC2(C)C)c1CC(=O)OC. The van der Waals surface area contributed by atoms with Crippen molar-refractivity contribution in [2.45, 2.75) is 39.5 Å². The third-order valence-electron chi connectivity index (χ3n) is 4.81. The zero-order chi connectivity index (χ0) is 20.9. The zero-order valence-corrected chi connectivity index (χ0v) is 17.7. The molecule has 28 heavy (non-hydrogen) atoms. The molecule has 2 rings (SSSR count). The molecule has 0 atom stereocenters. The van der Waals surface area contributed by atoms with Crippen LogP contribution < -0.4 is 0 Å². The number of thioether (sulfide) groups is 1. The largest absolute Gasteiger partial charge is 0.469 e. The van der Waals surface area contributed by atoms with E-state index in [1.807, 2.05) is 12.3 Å². The summed E-state index contributed by atoms with van der Waals surface area (Å²) in [6.45, 7) is 4.21. The van der Waals surface area contributed by atoms with Crippen LogP contribution in [0.3, 0.4) is 0 Å². The Morgan fingerprint density at radius 2 is 1.86 bits per heavy atom. The predicted octanol–water partition coefficient (Wildman–Crippen LogP) is 3.18. The van der Waals surface area contributed by atoms with Crippen LogP contribution in [0.15, 0.2) is 10.7 Å². The molecule has 2 heterocycles. The highest BCUT2D eigenvalue weighted by molar-refractivity contribution is 8.13. The van der Waals surface area contributed by atoms with Gasteiger partial charge in [-0.1, -0.05) is 13.8 Å². The van der Waals surface area contributed by atoms with E-state index in [2.05, 4.69) is 23.8 Å². The maximum Gasteiger partial charge on any atom is 0.310 e. The number of nitrogens with zero attached hydrogens (tertiary/aromatic N) is 1. The maximum absolute atomic E-state index is 12.0. The van der Waals surface area contributed by atoms with Crippen LogP contribution in [0, 0.1) is 5.41 Å². The number of hydrogen-bond donors (Lipinski definition) is 1. The Balaban J connectivity index is 2.53. The molecule has 0 aliphatic carbocycles. The molecule has 0 radical (unpaired) electrons. The lowest BCUT2D eigenvalue weighted by molar-refractivity contribution is -0.140. The van der Waals surface area contributed by atoms with Crippen molar-refractivity contribution in [2.24, 2.45) is 10.4 Å². The van der Waals surface area contributed by atoms with Crippen molar-refractivity contribution in [3.63, 3.8) is 0 Å². The Morgan fingerprint density at radius 1 is 1.18 bits per heavy atom. The summed E-state index contributed by atoms with van der Waals surface area (Å²) >= 11 is 1.61. The summed E-state index contributed by atoms with van der Waals surface area (Å²) in [5.41, 5.74) is 2.98. The summed E-state index contributed by atoms with van der Waals surface area (Å²) in [5.74, 6) is -0.803. The second-order valence-electron chi connectivity index (χ2n) is 7.16. The number of esters is 2. The molecular weight excluding hydrogens is 380 g/mol. The Bertz CT molecular complexity index is 836. The van der Waals surface area contributed by atoms with Gasteiger partial charge < -0.3 is 14.5 Å². The summed E-state index contributed by atoms with van der Waals surface area (Å²) in [5, 5.41) is 1.04. The second-order valence-corrected chi connectivity index (χ2v) is 8.04. The zero-order valence-electron chi connectivity index (χ0n) is 16.9. The molecule has 0 amide bonds. The van der Waals surface area contributed by atoms with E-state index >= 15 is 0 Å². The minimum absolute atomic E-state index is 0.00398. The van der Waals surface area contributed by atoms with E-state index in [0.29, 0.717) is 28.8 Å². The van der Waals surface area contributed by atoms with Crippen molar-refractivity contribution >= 4 is 41.1 Å². The lowest BCUT2D eigenvalue weighted by Crippen LogP contribution is -2.11. The Hall–Kier alpha value is -2.35. The van der Waals surface area contributed by atoms with E-state index in [4.69, 9.17) is 9.47 Å². The van der Waals surface area contributed by atoms with Crippen molar-refractivity contribution in [3.8, 4) is 0 Å². The molecule has 152 valence electrons. The highest BCUT2D eigenvalue weighted by Gasteiger charge is 2.32. The molecule has 0 unspecified atom stereocenters. The number of hydrogen-bond acceptors (Lipinski definition) is 7. The van der Waals surface area contributed by atoms with Gasteiger partial charge in [-0.2, -0.15) is 0 Å². The average molecular weight is 407 g/mol. The molecule has 1 aromatic heterocycles. The fourth-order valence-electron chi connectivity index (χ4n) is 3.15. The fraction of sp³-hybridized carbons (Fsp3) is 0.500. The minimum atomic E-state index is -0.422. The third-order valence-corrected chi connectivity index (χ3v) is 5.51. The van der Waals surface area contributed by atoms with Gasteiger partial charge in [0.05, 0.1) is 31.4 Å². The first-order valence-electron chi connectivity index (χ1n) is 8.92. The van der Waals surface area contributed by atoms with E-state index in [0.717, 1.165) is 17.2 Å². The predicted molar refractivity (Wildman–Crippen MR) is 110 cm³/mol. The van der Waals surface area contributed by atoms with Crippen LogP contribution >= 0.6 is 11.8 Å². The second kappa shape index (κ2) is 9.23. The summed E-state index contributed by atoms with van der Waals surface area (Å²) in [4.78, 5) is 42.9. The topological polar surface area (TPSA) is 97.8 Å². The monoisotopic (exact) mass is 406 g/mol. The number of methoxy groups -OCH3 is 2. The number of aromatic amines is 1. The smallest absolute Gasteiger partial charge is 0.310 e. The number of rotatable bonds is 7. The van der Waals surface area contributed by atoms with Crippen molar-refractivity contribution in [3.05, 3.63) is 28.2 Å². The number of aliphatic imine (C=N–C) groups is 1. The van der Waals surface area contributed by atoms with Gasteiger partial charge in [0, 0.05) is 29.6 Å². The highest BCUT2D eigenvalue weighted by atomic mass is 32.2. The molecule has 0 fully saturated rings. The number of allylic oxidation sites excluding steroid dienone is 1. The first-order chi connectivity index (χ1) is 13.2. The van der Waals surface area contributed by atoms with Gasteiger partial charge in [0.15, 0.2) is 6.29 Å². The van der Waals surface area contributed by atoms with Crippen LogP contribution in [-0.4, -0.2) is 48.7 Å². The number of aldehydes is 1. The fourth-order valence-corrected chi connectivity index (χ4v) is 3.85. The molecule has 0 saturated carbocycles. The summed E-state index contributed by atoms with van der Waals surface area (Å²) < 4.78 is 9.51. The minimum Gasteiger partial charge on any atom is -0.469 e. The lowest BCUT2D eigenvalue weighted by Gasteiger charge is -2.18. The molecule has 7 nitrogen and oxygen atoms in total. The van der Waals surface area contributed by atoms with E-state index in [-0.39, 0.29) is 30.6 Å².